The third-order valence-corrected chi connectivity index (χ3v) is 7.22. The Labute approximate surface area is 176 Å². The van der Waals surface area contributed by atoms with Crippen LogP contribution in [-0.4, -0.2) is 70.4 Å². The van der Waals surface area contributed by atoms with Gasteiger partial charge in [-0.05, 0) is 31.0 Å². The molecule has 0 amide bonds. The number of aliphatic imine (C=N–C) groups is 1. The van der Waals surface area contributed by atoms with Gasteiger partial charge in [0.1, 0.15) is 0 Å². The second-order valence-electron chi connectivity index (χ2n) is 8.06. The molecule has 2 rings (SSSR count). The summed E-state index contributed by atoms with van der Waals surface area (Å²) >= 11 is 0. The van der Waals surface area contributed by atoms with Gasteiger partial charge in [0.2, 0.25) is 10.0 Å². The Morgan fingerprint density at radius 3 is 2.45 bits per heavy atom. The maximum absolute atomic E-state index is 13.2. The Bertz CT molecular complexity index is 756. The summed E-state index contributed by atoms with van der Waals surface area (Å²) in [7, 11) is 0.253. The molecule has 1 aromatic carbocycles. The number of hydrogen-bond donors (Lipinski definition) is 2. The zero-order valence-corrected chi connectivity index (χ0v) is 19.1. The average molecular weight is 424 g/mol. The van der Waals surface area contributed by atoms with Gasteiger partial charge in [0.05, 0.1) is 4.90 Å². The maximum atomic E-state index is 13.2. The first-order chi connectivity index (χ1) is 13.8. The van der Waals surface area contributed by atoms with Crippen LogP contribution >= 0.6 is 0 Å². The van der Waals surface area contributed by atoms with E-state index in [0.717, 1.165) is 37.5 Å². The van der Waals surface area contributed by atoms with Gasteiger partial charge < -0.3 is 15.5 Å². The normalized spacial score (nSPS) is 16.9. The Morgan fingerprint density at radius 1 is 1.10 bits per heavy atom. The molecule has 1 aromatic rings. The van der Waals surface area contributed by atoms with Crippen LogP contribution in [0.15, 0.2) is 34.2 Å². The molecule has 0 unspecified atom stereocenters. The number of nitrogens with one attached hydrogen (secondary N) is 2. The SMILES string of the molecule is CN=C(NCCCCC(C)C)NCc1ccccc1S(=O)(=O)N1CCN(C)CC1. The number of sulfonamides is 1. The van der Waals surface area contributed by atoms with Crippen LogP contribution in [0.1, 0.15) is 38.7 Å². The fraction of sp³-hybridized carbons (Fsp3) is 0.667. The van der Waals surface area contributed by atoms with E-state index in [0.29, 0.717) is 30.5 Å². The number of hydrogen-bond acceptors (Lipinski definition) is 4. The third-order valence-electron chi connectivity index (χ3n) is 5.22. The number of nitrogens with zero attached hydrogens (tertiary/aromatic N) is 3. The average Bonchev–Trinajstić information content (AvgIpc) is 2.70. The topological polar surface area (TPSA) is 77.0 Å². The Kier molecular flexibility index (Phi) is 9.39. The molecule has 0 spiro atoms. The minimum absolute atomic E-state index is 0.379. The lowest BCUT2D eigenvalue weighted by Crippen LogP contribution is -2.47. The number of unbranched alkanes of at least 4 members (excludes halogenated alkanes) is 1. The minimum Gasteiger partial charge on any atom is -0.356 e. The molecule has 1 heterocycles. The molecule has 0 saturated carbocycles. The first kappa shape index (κ1) is 23.6. The third kappa shape index (κ3) is 7.28. The van der Waals surface area contributed by atoms with Crippen LogP contribution in [0.4, 0.5) is 0 Å². The van der Waals surface area contributed by atoms with E-state index in [2.05, 4.69) is 34.4 Å². The highest BCUT2D eigenvalue weighted by molar-refractivity contribution is 7.89. The van der Waals surface area contributed by atoms with Crippen LogP contribution < -0.4 is 10.6 Å². The van der Waals surface area contributed by atoms with Crippen molar-refractivity contribution in [3.63, 3.8) is 0 Å². The van der Waals surface area contributed by atoms with E-state index in [-0.39, 0.29) is 0 Å². The molecular weight excluding hydrogens is 386 g/mol. The van der Waals surface area contributed by atoms with E-state index in [9.17, 15) is 8.42 Å². The number of likely N-dealkylation sites (N-methyl/N-ethyl adjacent to an activating group) is 1. The van der Waals surface area contributed by atoms with Crippen LogP contribution in [0.25, 0.3) is 0 Å². The van der Waals surface area contributed by atoms with Crippen molar-refractivity contribution in [2.45, 2.75) is 44.6 Å². The summed E-state index contributed by atoms with van der Waals surface area (Å²) in [4.78, 5) is 6.78. The van der Waals surface area contributed by atoms with Crippen molar-refractivity contribution in [3.8, 4) is 0 Å². The molecule has 0 aromatic heterocycles. The maximum Gasteiger partial charge on any atom is 0.243 e. The van der Waals surface area contributed by atoms with E-state index in [1.165, 1.54) is 12.8 Å². The van der Waals surface area contributed by atoms with Crippen molar-refractivity contribution < 1.29 is 8.42 Å². The Balaban J connectivity index is 1.96. The summed E-state index contributed by atoms with van der Waals surface area (Å²) in [6.45, 7) is 8.31. The van der Waals surface area contributed by atoms with E-state index in [1.807, 2.05) is 19.2 Å². The fourth-order valence-corrected chi connectivity index (χ4v) is 5.00. The van der Waals surface area contributed by atoms with E-state index < -0.39 is 10.0 Å². The van der Waals surface area contributed by atoms with Gasteiger partial charge >= 0.3 is 0 Å². The number of guanidine groups is 1. The number of piperazine rings is 1. The highest BCUT2D eigenvalue weighted by atomic mass is 32.2. The fourth-order valence-electron chi connectivity index (χ4n) is 3.35. The molecule has 2 N–H and O–H groups in total. The minimum atomic E-state index is -3.50. The molecule has 1 aliphatic rings. The first-order valence-corrected chi connectivity index (χ1v) is 12.0. The molecule has 29 heavy (non-hydrogen) atoms. The van der Waals surface area contributed by atoms with Gasteiger partial charge in [-0.1, -0.05) is 44.9 Å². The van der Waals surface area contributed by atoms with Crippen molar-refractivity contribution in [2.24, 2.45) is 10.9 Å². The molecule has 0 radical (unpaired) electrons. The van der Waals surface area contributed by atoms with Gasteiger partial charge in [0, 0.05) is 46.3 Å². The zero-order valence-electron chi connectivity index (χ0n) is 18.3. The smallest absolute Gasteiger partial charge is 0.243 e. The standard InChI is InChI=1S/C21H37N5O2S/c1-18(2)9-7-8-12-23-21(22-3)24-17-19-10-5-6-11-20(19)29(27,28)26-15-13-25(4)14-16-26/h5-6,10-11,18H,7-9,12-17H2,1-4H3,(H2,22,23,24). The van der Waals surface area contributed by atoms with Crippen molar-refractivity contribution in [1.29, 1.82) is 0 Å². The monoisotopic (exact) mass is 423 g/mol. The first-order valence-electron chi connectivity index (χ1n) is 10.6. The largest absolute Gasteiger partial charge is 0.356 e. The predicted molar refractivity (Wildman–Crippen MR) is 120 cm³/mol. The van der Waals surface area contributed by atoms with Gasteiger partial charge in [0.15, 0.2) is 5.96 Å². The van der Waals surface area contributed by atoms with E-state index >= 15 is 0 Å². The summed E-state index contributed by atoms with van der Waals surface area (Å²) in [5.41, 5.74) is 0.759. The van der Waals surface area contributed by atoms with Crippen molar-refractivity contribution in [2.75, 3.05) is 46.8 Å². The van der Waals surface area contributed by atoms with Gasteiger partial charge in [0.25, 0.3) is 0 Å². The van der Waals surface area contributed by atoms with E-state index in [4.69, 9.17) is 0 Å². The van der Waals surface area contributed by atoms with Gasteiger partial charge in [-0.15, -0.1) is 0 Å². The number of rotatable bonds is 9. The summed E-state index contributed by atoms with van der Waals surface area (Å²) in [6.07, 6.45) is 3.51. The summed E-state index contributed by atoms with van der Waals surface area (Å²) in [5, 5.41) is 6.57. The second-order valence-corrected chi connectivity index (χ2v) is 9.96. The lowest BCUT2D eigenvalue weighted by Gasteiger charge is -2.32. The molecule has 164 valence electrons. The predicted octanol–water partition coefficient (Wildman–Crippen LogP) is 2.11. The molecule has 1 aliphatic heterocycles. The van der Waals surface area contributed by atoms with Crippen LogP contribution in [-0.2, 0) is 16.6 Å². The number of benzene rings is 1. The Hall–Kier alpha value is -1.64. The lowest BCUT2D eigenvalue weighted by molar-refractivity contribution is 0.222. The molecular formula is C21H37N5O2S. The molecule has 7 nitrogen and oxygen atoms in total. The van der Waals surface area contributed by atoms with E-state index in [1.54, 1.807) is 23.5 Å². The molecule has 1 fully saturated rings. The molecule has 0 aliphatic carbocycles. The van der Waals surface area contributed by atoms with Gasteiger partial charge in [-0.2, -0.15) is 4.31 Å². The summed E-state index contributed by atoms with van der Waals surface area (Å²) in [6, 6.07) is 7.23. The lowest BCUT2D eigenvalue weighted by atomic mass is 10.1. The van der Waals surface area contributed by atoms with Crippen molar-refractivity contribution in [1.82, 2.24) is 19.8 Å². The molecule has 1 saturated heterocycles. The molecule has 0 atom stereocenters. The van der Waals surface area contributed by atoms with Crippen molar-refractivity contribution in [3.05, 3.63) is 29.8 Å². The highest BCUT2D eigenvalue weighted by Crippen LogP contribution is 2.21. The molecule has 0 bridgehead atoms. The van der Waals surface area contributed by atoms with Crippen LogP contribution in [0, 0.1) is 5.92 Å². The quantitative estimate of drug-likeness (QED) is 0.361. The van der Waals surface area contributed by atoms with Crippen LogP contribution in [0.5, 0.6) is 0 Å². The van der Waals surface area contributed by atoms with Gasteiger partial charge in [-0.25, -0.2) is 8.42 Å². The summed E-state index contributed by atoms with van der Waals surface area (Å²) < 4.78 is 27.9. The van der Waals surface area contributed by atoms with Crippen LogP contribution in [0.3, 0.4) is 0 Å². The second kappa shape index (κ2) is 11.5. The molecule has 8 heteroatoms. The summed E-state index contributed by atoms with van der Waals surface area (Å²) in [5.74, 6) is 1.42. The zero-order chi connectivity index (χ0) is 21.3. The Morgan fingerprint density at radius 2 is 1.79 bits per heavy atom. The van der Waals surface area contributed by atoms with Crippen molar-refractivity contribution >= 4 is 16.0 Å². The van der Waals surface area contributed by atoms with Crippen LogP contribution in [0.2, 0.25) is 0 Å². The highest BCUT2D eigenvalue weighted by Gasteiger charge is 2.29. The van der Waals surface area contributed by atoms with Gasteiger partial charge in [-0.3, -0.25) is 4.99 Å².